The fourth-order valence-corrected chi connectivity index (χ4v) is 2.26. The smallest absolute Gasteiger partial charge is 0.251 e. The number of hydrogen-bond donors (Lipinski definition) is 3. The van der Waals surface area contributed by atoms with Crippen LogP contribution in [0.2, 0.25) is 0 Å². The summed E-state index contributed by atoms with van der Waals surface area (Å²) in [6.45, 7) is 6.81. The third kappa shape index (κ3) is 3.79. The molecule has 0 bridgehead atoms. The van der Waals surface area contributed by atoms with Gasteiger partial charge in [-0.3, -0.25) is 4.79 Å². The van der Waals surface area contributed by atoms with E-state index in [2.05, 4.69) is 36.6 Å². The van der Waals surface area contributed by atoms with E-state index in [-0.39, 0.29) is 5.91 Å². The van der Waals surface area contributed by atoms with Crippen LogP contribution < -0.4 is 16.4 Å². The SMILES string of the molecule is CCCNC(=O)c1ccc(Nc2ccc(C)cc2C)c(N)c1. The van der Waals surface area contributed by atoms with E-state index in [4.69, 9.17) is 5.73 Å². The van der Waals surface area contributed by atoms with E-state index in [1.54, 1.807) is 12.1 Å². The molecule has 0 aliphatic heterocycles. The van der Waals surface area contributed by atoms with E-state index in [0.717, 1.165) is 23.4 Å². The van der Waals surface area contributed by atoms with Crippen molar-refractivity contribution in [2.24, 2.45) is 0 Å². The van der Waals surface area contributed by atoms with Gasteiger partial charge in [-0.25, -0.2) is 0 Å². The molecule has 0 spiro atoms. The first-order valence-electron chi connectivity index (χ1n) is 7.53. The molecule has 4 N–H and O–H groups in total. The lowest BCUT2D eigenvalue weighted by Gasteiger charge is -2.13. The number of nitrogens with two attached hydrogens (primary N) is 1. The van der Waals surface area contributed by atoms with Crippen molar-refractivity contribution in [2.45, 2.75) is 27.2 Å². The lowest BCUT2D eigenvalue weighted by molar-refractivity contribution is 0.0953. The molecule has 0 radical (unpaired) electrons. The summed E-state index contributed by atoms with van der Waals surface area (Å²) in [5.41, 5.74) is 11.4. The molecule has 116 valence electrons. The van der Waals surface area contributed by atoms with Crippen LogP contribution in [0.1, 0.15) is 34.8 Å². The number of hydrogen-bond acceptors (Lipinski definition) is 3. The van der Waals surface area contributed by atoms with Gasteiger partial charge >= 0.3 is 0 Å². The van der Waals surface area contributed by atoms with Gasteiger partial charge in [0.15, 0.2) is 0 Å². The molecule has 0 fully saturated rings. The van der Waals surface area contributed by atoms with E-state index in [9.17, 15) is 4.79 Å². The predicted molar refractivity (Wildman–Crippen MR) is 92.7 cm³/mol. The number of carbonyl (C=O) groups excluding carboxylic acids is 1. The van der Waals surface area contributed by atoms with E-state index < -0.39 is 0 Å². The molecule has 4 nitrogen and oxygen atoms in total. The Kier molecular flexibility index (Phi) is 5.04. The predicted octanol–water partition coefficient (Wildman–Crippen LogP) is 3.77. The zero-order chi connectivity index (χ0) is 16.1. The molecule has 2 aromatic rings. The monoisotopic (exact) mass is 297 g/mol. The summed E-state index contributed by atoms with van der Waals surface area (Å²) in [5.74, 6) is -0.0911. The maximum Gasteiger partial charge on any atom is 0.251 e. The number of benzene rings is 2. The molecule has 2 rings (SSSR count). The molecule has 22 heavy (non-hydrogen) atoms. The van der Waals surface area contributed by atoms with Crippen molar-refractivity contribution in [1.82, 2.24) is 5.32 Å². The minimum atomic E-state index is -0.0911. The highest BCUT2D eigenvalue weighted by Gasteiger charge is 2.08. The Morgan fingerprint density at radius 3 is 2.45 bits per heavy atom. The Morgan fingerprint density at radius 1 is 1.09 bits per heavy atom. The van der Waals surface area contributed by atoms with Crippen LogP contribution in [-0.4, -0.2) is 12.5 Å². The van der Waals surface area contributed by atoms with Crippen molar-refractivity contribution < 1.29 is 4.79 Å². The highest BCUT2D eigenvalue weighted by molar-refractivity contribution is 5.96. The third-order valence-corrected chi connectivity index (χ3v) is 3.50. The van der Waals surface area contributed by atoms with Crippen LogP contribution in [-0.2, 0) is 0 Å². The number of carbonyl (C=O) groups is 1. The van der Waals surface area contributed by atoms with Gasteiger partial charge in [-0.1, -0.05) is 24.6 Å². The van der Waals surface area contributed by atoms with Crippen molar-refractivity contribution >= 4 is 23.0 Å². The summed E-state index contributed by atoms with van der Waals surface area (Å²) in [6.07, 6.45) is 0.910. The summed E-state index contributed by atoms with van der Waals surface area (Å²) in [5, 5.41) is 6.17. The number of aryl methyl sites for hydroxylation is 2. The van der Waals surface area contributed by atoms with Crippen molar-refractivity contribution in [3.05, 3.63) is 53.1 Å². The summed E-state index contributed by atoms with van der Waals surface area (Å²) in [4.78, 5) is 11.9. The molecule has 0 saturated carbocycles. The van der Waals surface area contributed by atoms with Gasteiger partial charge < -0.3 is 16.4 Å². The Hall–Kier alpha value is -2.49. The van der Waals surface area contributed by atoms with Crippen LogP contribution in [0.25, 0.3) is 0 Å². The lowest BCUT2D eigenvalue weighted by Crippen LogP contribution is -2.24. The molecule has 0 aliphatic rings. The Balaban J connectivity index is 2.17. The lowest BCUT2D eigenvalue weighted by atomic mass is 10.1. The van der Waals surface area contributed by atoms with Crippen molar-refractivity contribution in [1.29, 1.82) is 0 Å². The molecule has 0 aromatic heterocycles. The minimum Gasteiger partial charge on any atom is -0.397 e. The number of nitrogen functional groups attached to an aromatic ring is 1. The van der Waals surface area contributed by atoms with E-state index >= 15 is 0 Å². The maximum atomic E-state index is 11.9. The van der Waals surface area contributed by atoms with E-state index in [1.165, 1.54) is 5.56 Å². The normalized spacial score (nSPS) is 10.3. The van der Waals surface area contributed by atoms with Crippen LogP contribution >= 0.6 is 0 Å². The summed E-state index contributed by atoms with van der Waals surface area (Å²) >= 11 is 0. The van der Waals surface area contributed by atoms with Gasteiger partial charge in [-0.05, 0) is 50.1 Å². The van der Waals surface area contributed by atoms with Crippen molar-refractivity contribution in [3.8, 4) is 0 Å². The van der Waals surface area contributed by atoms with Crippen LogP contribution in [0, 0.1) is 13.8 Å². The molecule has 1 amide bonds. The van der Waals surface area contributed by atoms with Gasteiger partial charge in [0.2, 0.25) is 0 Å². The van der Waals surface area contributed by atoms with Crippen molar-refractivity contribution in [2.75, 3.05) is 17.6 Å². The van der Waals surface area contributed by atoms with Gasteiger partial charge in [0, 0.05) is 17.8 Å². The molecule has 0 aliphatic carbocycles. The zero-order valence-corrected chi connectivity index (χ0v) is 13.4. The molecule has 0 heterocycles. The first-order valence-corrected chi connectivity index (χ1v) is 7.53. The molecule has 0 saturated heterocycles. The van der Waals surface area contributed by atoms with Gasteiger partial charge in [0.25, 0.3) is 5.91 Å². The summed E-state index contributed by atoms with van der Waals surface area (Å²) in [7, 11) is 0. The Bertz CT molecular complexity index is 680. The highest BCUT2D eigenvalue weighted by Crippen LogP contribution is 2.26. The van der Waals surface area contributed by atoms with Gasteiger partial charge in [-0.2, -0.15) is 0 Å². The molecule has 4 heteroatoms. The molecule has 0 atom stereocenters. The fourth-order valence-electron chi connectivity index (χ4n) is 2.26. The van der Waals surface area contributed by atoms with Gasteiger partial charge in [0.1, 0.15) is 0 Å². The average molecular weight is 297 g/mol. The third-order valence-electron chi connectivity index (χ3n) is 3.50. The van der Waals surface area contributed by atoms with Gasteiger partial charge in [-0.15, -0.1) is 0 Å². The van der Waals surface area contributed by atoms with Gasteiger partial charge in [0.05, 0.1) is 11.4 Å². The topological polar surface area (TPSA) is 67.2 Å². The number of nitrogens with one attached hydrogen (secondary N) is 2. The van der Waals surface area contributed by atoms with E-state index in [0.29, 0.717) is 17.8 Å². The van der Waals surface area contributed by atoms with Crippen LogP contribution in [0.5, 0.6) is 0 Å². The Morgan fingerprint density at radius 2 is 1.82 bits per heavy atom. The van der Waals surface area contributed by atoms with Crippen LogP contribution in [0.3, 0.4) is 0 Å². The minimum absolute atomic E-state index is 0.0911. The van der Waals surface area contributed by atoms with Crippen molar-refractivity contribution in [3.63, 3.8) is 0 Å². The van der Waals surface area contributed by atoms with E-state index in [1.807, 2.05) is 19.1 Å². The Labute approximate surface area is 131 Å². The maximum absolute atomic E-state index is 11.9. The quantitative estimate of drug-likeness (QED) is 0.736. The second-order valence-corrected chi connectivity index (χ2v) is 5.50. The van der Waals surface area contributed by atoms with Crippen LogP contribution in [0.15, 0.2) is 36.4 Å². The standard InChI is InChI=1S/C18H23N3O/c1-4-9-20-18(22)14-6-8-17(15(19)11-14)21-16-7-5-12(2)10-13(16)3/h5-8,10-11,21H,4,9,19H2,1-3H3,(H,20,22). The number of rotatable bonds is 5. The first-order chi connectivity index (χ1) is 10.5. The number of amides is 1. The zero-order valence-electron chi connectivity index (χ0n) is 13.4. The second kappa shape index (κ2) is 6.98. The average Bonchev–Trinajstić information content (AvgIpc) is 2.49. The summed E-state index contributed by atoms with van der Waals surface area (Å²) in [6, 6.07) is 11.5. The molecular formula is C18H23N3O. The molecular weight excluding hydrogens is 274 g/mol. The fraction of sp³-hybridized carbons (Fsp3) is 0.278. The number of anilines is 3. The molecule has 0 unspecified atom stereocenters. The summed E-state index contributed by atoms with van der Waals surface area (Å²) < 4.78 is 0. The first kappa shape index (κ1) is 15.9. The molecule has 2 aromatic carbocycles. The highest BCUT2D eigenvalue weighted by atomic mass is 16.1. The largest absolute Gasteiger partial charge is 0.397 e. The van der Waals surface area contributed by atoms with Crippen LogP contribution in [0.4, 0.5) is 17.1 Å². The second-order valence-electron chi connectivity index (χ2n) is 5.50.